The third-order valence-electron chi connectivity index (χ3n) is 3.05. The van der Waals surface area contributed by atoms with Crippen molar-refractivity contribution >= 4 is 35.8 Å². The average molecular weight is 301 g/mol. The Morgan fingerprint density at radius 3 is 2.42 bits per heavy atom. The summed E-state index contributed by atoms with van der Waals surface area (Å²) < 4.78 is 0. The van der Waals surface area contributed by atoms with E-state index in [-0.39, 0.29) is 29.8 Å². The number of hydrogen-bond donors (Lipinski definition) is 2. The second-order valence-electron chi connectivity index (χ2n) is 5.59. The molecule has 1 aliphatic heterocycles. The lowest BCUT2D eigenvalue weighted by Crippen LogP contribution is -2.37. The standard InChI is InChI=1S/C14H20N2OS.ClH/c1-14(2,3)10-4-6-11(7-5-10)16-13(17)12-8-18-9-15-12;/h4-7,12,15H,8-9H2,1-3H3,(H,16,17);1H. The molecule has 1 aromatic rings. The largest absolute Gasteiger partial charge is 0.325 e. The predicted molar refractivity (Wildman–Crippen MR) is 85.3 cm³/mol. The number of thioether (sulfide) groups is 1. The minimum absolute atomic E-state index is 0. The summed E-state index contributed by atoms with van der Waals surface area (Å²) in [6.45, 7) is 6.54. The summed E-state index contributed by atoms with van der Waals surface area (Å²) in [5, 5.41) is 6.11. The van der Waals surface area contributed by atoms with Gasteiger partial charge in [0.05, 0.1) is 6.04 Å². The molecule has 106 valence electrons. The number of carbonyl (C=O) groups is 1. The highest BCUT2D eigenvalue weighted by Gasteiger charge is 2.22. The first-order valence-corrected chi connectivity index (χ1v) is 7.35. The van der Waals surface area contributed by atoms with Crippen molar-refractivity contribution in [2.75, 3.05) is 16.9 Å². The van der Waals surface area contributed by atoms with Crippen LogP contribution in [0, 0.1) is 0 Å². The van der Waals surface area contributed by atoms with Gasteiger partial charge in [0.25, 0.3) is 0 Å². The highest BCUT2D eigenvalue weighted by Crippen LogP contribution is 2.23. The van der Waals surface area contributed by atoms with Gasteiger partial charge in [-0.1, -0.05) is 32.9 Å². The van der Waals surface area contributed by atoms with Crippen LogP contribution >= 0.6 is 24.2 Å². The van der Waals surface area contributed by atoms with Crippen molar-refractivity contribution in [3.63, 3.8) is 0 Å². The van der Waals surface area contributed by atoms with Gasteiger partial charge in [0.2, 0.25) is 5.91 Å². The van der Waals surface area contributed by atoms with Crippen molar-refractivity contribution in [1.82, 2.24) is 5.32 Å². The van der Waals surface area contributed by atoms with Crippen LogP contribution in [-0.4, -0.2) is 23.6 Å². The summed E-state index contributed by atoms with van der Waals surface area (Å²) in [4.78, 5) is 11.9. The molecule has 0 aromatic heterocycles. The Bertz CT molecular complexity index is 422. The van der Waals surface area contributed by atoms with Crippen molar-refractivity contribution in [2.24, 2.45) is 0 Å². The molecule has 1 aliphatic rings. The molecule has 1 amide bonds. The quantitative estimate of drug-likeness (QED) is 0.882. The number of halogens is 1. The molecule has 0 saturated carbocycles. The number of benzene rings is 1. The van der Waals surface area contributed by atoms with Gasteiger partial charge in [-0.15, -0.1) is 24.2 Å². The average Bonchev–Trinajstić information content (AvgIpc) is 2.82. The lowest BCUT2D eigenvalue weighted by Gasteiger charge is -2.19. The molecule has 1 fully saturated rings. The Morgan fingerprint density at radius 1 is 1.32 bits per heavy atom. The number of amides is 1. The van der Waals surface area contributed by atoms with Crippen molar-refractivity contribution in [3.05, 3.63) is 29.8 Å². The van der Waals surface area contributed by atoms with Gasteiger partial charge in [0.1, 0.15) is 0 Å². The summed E-state index contributed by atoms with van der Waals surface area (Å²) in [6, 6.07) is 8.04. The van der Waals surface area contributed by atoms with E-state index in [0.717, 1.165) is 17.3 Å². The number of carbonyl (C=O) groups excluding carboxylic acids is 1. The van der Waals surface area contributed by atoms with E-state index in [1.54, 1.807) is 11.8 Å². The summed E-state index contributed by atoms with van der Waals surface area (Å²) in [5.74, 6) is 1.77. The van der Waals surface area contributed by atoms with Crippen LogP contribution in [0.25, 0.3) is 0 Å². The van der Waals surface area contributed by atoms with Crippen LogP contribution in [-0.2, 0) is 10.2 Å². The van der Waals surface area contributed by atoms with Gasteiger partial charge < -0.3 is 5.32 Å². The van der Waals surface area contributed by atoms with Crippen molar-refractivity contribution < 1.29 is 4.79 Å². The van der Waals surface area contributed by atoms with Crippen molar-refractivity contribution in [3.8, 4) is 0 Å². The Kier molecular flexibility index (Phi) is 5.71. The molecule has 0 aliphatic carbocycles. The zero-order valence-corrected chi connectivity index (χ0v) is 13.2. The molecule has 5 heteroatoms. The van der Waals surface area contributed by atoms with E-state index >= 15 is 0 Å². The molecular formula is C14H21ClN2OS. The molecule has 1 heterocycles. The smallest absolute Gasteiger partial charge is 0.242 e. The fourth-order valence-electron chi connectivity index (χ4n) is 1.85. The highest BCUT2D eigenvalue weighted by atomic mass is 35.5. The second-order valence-corrected chi connectivity index (χ2v) is 6.62. The first kappa shape index (κ1) is 16.3. The summed E-state index contributed by atoms with van der Waals surface area (Å²) >= 11 is 1.75. The van der Waals surface area contributed by atoms with Crippen molar-refractivity contribution in [1.29, 1.82) is 0 Å². The summed E-state index contributed by atoms with van der Waals surface area (Å²) in [7, 11) is 0. The Morgan fingerprint density at radius 2 is 1.95 bits per heavy atom. The van der Waals surface area contributed by atoms with E-state index in [1.165, 1.54) is 5.56 Å². The Labute approximate surface area is 125 Å². The van der Waals surface area contributed by atoms with E-state index in [1.807, 2.05) is 12.1 Å². The topological polar surface area (TPSA) is 41.1 Å². The number of anilines is 1. The summed E-state index contributed by atoms with van der Waals surface area (Å²) in [5.41, 5.74) is 2.29. The van der Waals surface area contributed by atoms with E-state index < -0.39 is 0 Å². The van der Waals surface area contributed by atoms with Gasteiger partial charge in [-0.3, -0.25) is 10.1 Å². The van der Waals surface area contributed by atoms with Gasteiger partial charge >= 0.3 is 0 Å². The first-order valence-electron chi connectivity index (χ1n) is 6.19. The minimum atomic E-state index is -0.0581. The van der Waals surface area contributed by atoms with E-state index in [9.17, 15) is 4.79 Å². The number of nitrogens with one attached hydrogen (secondary N) is 2. The monoisotopic (exact) mass is 300 g/mol. The fraction of sp³-hybridized carbons (Fsp3) is 0.500. The molecule has 0 bridgehead atoms. The lowest BCUT2D eigenvalue weighted by atomic mass is 9.87. The predicted octanol–water partition coefficient (Wildman–Crippen LogP) is 3.01. The third kappa shape index (κ3) is 4.41. The molecule has 0 radical (unpaired) electrons. The maximum absolute atomic E-state index is 11.9. The van der Waals surface area contributed by atoms with Crippen LogP contribution in [0.2, 0.25) is 0 Å². The van der Waals surface area contributed by atoms with E-state index in [4.69, 9.17) is 0 Å². The van der Waals surface area contributed by atoms with Crippen molar-refractivity contribution in [2.45, 2.75) is 32.2 Å². The van der Waals surface area contributed by atoms with Gasteiger partial charge in [-0.05, 0) is 23.1 Å². The fourth-order valence-corrected chi connectivity index (χ4v) is 2.79. The van der Waals surface area contributed by atoms with Gasteiger partial charge in [-0.2, -0.15) is 0 Å². The van der Waals surface area contributed by atoms with Crippen LogP contribution in [0.1, 0.15) is 26.3 Å². The zero-order valence-electron chi connectivity index (χ0n) is 11.5. The lowest BCUT2D eigenvalue weighted by molar-refractivity contribution is -0.117. The van der Waals surface area contributed by atoms with Crippen LogP contribution in [0.15, 0.2) is 24.3 Å². The normalized spacial score (nSPS) is 18.8. The molecule has 0 spiro atoms. The molecule has 1 saturated heterocycles. The van der Waals surface area contributed by atoms with Crippen LogP contribution in [0.5, 0.6) is 0 Å². The zero-order chi connectivity index (χ0) is 13.2. The molecular weight excluding hydrogens is 280 g/mol. The van der Waals surface area contributed by atoms with Gasteiger partial charge in [0.15, 0.2) is 0 Å². The minimum Gasteiger partial charge on any atom is -0.325 e. The van der Waals surface area contributed by atoms with Crippen LogP contribution in [0.3, 0.4) is 0 Å². The van der Waals surface area contributed by atoms with E-state index in [2.05, 4.69) is 43.5 Å². The number of rotatable bonds is 2. The molecule has 1 atom stereocenters. The van der Waals surface area contributed by atoms with Crippen LogP contribution in [0.4, 0.5) is 5.69 Å². The van der Waals surface area contributed by atoms with Gasteiger partial charge in [-0.25, -0.2) is 0 Å². The van der Waals surface area contributed by atoms with Gasteiger partial charge in [0, 0.05) is 17.3 Å². The Hall–Kier alpha value is -0.710. The molecule has 3 nitrogen and oxygen atoms in total. The maximum atomic E-state index is 11.9. The Balaban J connectivity index is 0.00000180. The molecule has 2 N–H and O–H groups in total. The molecule has 19 heavy (non-hydrogen) atoms. The highest BCUT2D eigenvalue weighted by molar-refractivity contribution is 7.99. The molecule has 2 rings (SSSR count). The number of hydrogen-bond acceptors (Lipinski definition) is 3. The second kappa shape index (κ2) is 6.64. The third-order valence-corrected chi connectivity index (χ3v) is 3.99. The maximum Gasteiger partial charge on any atom is 0.242 e. The van der Waals surface area contributed by atoms with E-state index in [0.29, 0.717) is 0 Å². The van der Waals surface area contributed by atoms with Crippen LogP contribution < -0.4 is 10.6 Å². The molecule has 1 unspecified atom stereocenters. The summed E-state index contributed by atoms with van der Waals surface area (Å²) in [6.07, 6.45) is 0. The first-order chi connectivity index (χ1) is 8.47. The SMILES string of the molecule is CC(C)(C)c1ccc(NC(=O)C2CSCN2)cc1.Cl. The molecule has 1 aromatic carbocycles.